The molecule has 5 nitrogen and oxygen atoms in total. The lowest BCUT2D eigenvalue weighted by atomic mass is 10.3. The summed E-state index contributed by atoms with van der Waals surface area (Å²) >= 11 is 2.98. The van der Waals surface area contributed by atoms with Crippen LogP contribution in [0.5, 0.6) is 0 Å². The van der Waals surface area contributed by atoms with Gasteiger partial charge in [-0.05, 0) is 25.5 Å². The van der Waals surface area contributed by atoms with Gasteiger partial charge in [0.25, 0.3) is 5.91 Å². The van der Waals surface area contributed by atoms with Crippen LogP contribution in [0.25, 0.3) is 10.7 Å². The Bertz CT molecular complexity index is 811. The molecule has 1 amide bonds. The van der Waals surface area contributed by atoms with Crippen molar-refractivity contribution in [2.45, 2.75) is 26.8 Å². The minimum Gasteiger partial charge on any atom is -0.346 e. The molecule has 0 fully saturated rings. The SMILES string of the molecule is CCc1nc(CNC(=O)c2sc(-c3ccccn3)nc2C)cs1. The van der Waals surface area contributed by atoms with Crippen LogP contribution in [0.15, 0.2) is 29.8 Å². The molecule has 0 radical (unpaired) electrons. The van der Waals surface area contributed by atoms with Gasteiger partial charge < -0.3 is 5.32 Å². The van der Waals surface area contributed by atoms with Crippen LogP contribution in [0.1, 0.15) is 33.0 Å². The van der Waals surface area contributed by atoms with Gasteiger partial charge >= 0.3 is 0 Å². The molecule has 0 atom stereocenters. The van der Waals surface area contributed by atoms with E-state index in [-0.39, 0.29) is 5.91 Å². The number of pyridine rings is 1. The van der Waals surface area contributed by atoms with Crippen LogP contribution < -0.4 is 5.32 Å². The first kappa shape index (κ1) is 15.8. The minimum atomic E-state index is -0.117. The number of carbonyl (C=O) groups is 1. The zero-order valence-corrected chi connectivity index (χ0v) is 14.5. The Hall–Kier alpha value is -2.12. The second-order valence-electron chi connectivity index (χ2n) is 4.92. The molecule has 7 heteroatoms. The fourth-order valence-electron chi connectivity index (χ4n) is 2.05. The Balaban J connectivity index is 1.71. The Morgan fingerprint density at radius 2 is 2.17 bits per heavy atom. The maximum atomic E-state index is 12.4. The largest absolute Gasteiger partial charge is 0.346 e. The summed E-state index contributed by atoms with van der Waals surface area (Å²) in [7, 11) is 0. The predicted octanol–water partition coefficient (Wildman–Crippen LogP) is 3.46. The summed E-state index contributed by atoms with van der Waals surface area (Å²) in [6, 6.07) is 5.66. The molecule has 1 N–H and O–H groups in total. The lowest BCUT2D eigenvalue weighted by molar-refractivity contribution is 0.0953. The van der Waals surface area contributed by atoms with E-state index < -0.39 is 0 Å². The lowest BCUT2D eigenvalue weighted by Gasteiger charge is -2.01. The van der Waals surface area contributed by atoms with Crippen molar-refractivity contribution < 1.29 is 4.79 Å². The van der Waals surface area contributed by atoms with E-state index in [1.807, 2.05) is 30.5 Å². The van der Waals surface area contributed by atoms with Crippen molar-refractivity contribution in [2.75, 3.05) is 0 Å². The van der Waals surface area contributed by atoms with Crippen LogP contribution in [-0.4, -0.2) is 20.9 Å². The Morgan fingerprint density at radius 1 is 1.30 bits per heavy atom. The number of amides is 1. The highest BCUT2D eigenvalue weighted by Gasteiger charge is 2.16. The highest BCUT2D eigenvalue weighted by molar-refractivity contribution is 7.17. The number of hydrogen-bond acceptors (Lipinski definition) is 6. The first-order valence-electron chi connectivity index (χ1n) is 7.27. The molecule has 0 unspecified atom stereocenters. The van der Waals surface area contributed by atoms with Crippen molar-refractivity contribution in [1.29, 1.82) is 0 Å². The molecule has 0 spiro atoms. The first-order valence-corrected chi connectivity index (χ1v) is 8.97. The standard InChI is InChI=1S/C16H16N4OS2/c1-3-13-20-11(9-22-13)8-18-15(21)14-10(2)19-16(23-14)12-6-4-5-7-17-12/h4-7,9H,3,8H2,1-2H3,(H,18,21). The number of aryl methyl sites for hydroxylation is 2. The van der Waals surface area contributed by atoms with E-state index in [4.69, 9.17) is 0 Å². The molecule has 118 valence electrons. The Morgan fingerprint density at radius 3 is 2.87 bits per heavy atom. The maximum Gasteiger partial charge on any atom is 0.263 e. The Kier molecular flexibility index (Phi) is 4.78. The molecule has 3 aromatic rings. The van der Waals surface area contributed by atoms with E-state index in [0.29, 0.717) is 11.4 Å². The second-order valence-corrected chi connectivity index (χ2v) is 6.86. The van der Waals surface area contributed by atoms with Crippen LogP contribution in [0.3, 0.4) is 0 Å². The third-order valence-electron chi connectivity index (χ3n) is 3.22. The smallest absolute Gasteiger partial charge is 0.263 e. The zero-order chi connectivity index (χ0) is 16.2. The van der Waals surface area contributed by atoms with Crippen molar-refractivity contribution in [3.63, 3.8) is 0 Å². The molecule has 23 heavy (non-hydrogen) atoms. The lowest BCUT2D eigenvalue weighted by Crippen LogP contribution is -2.22. The quantitative estimate of drug-likeness (QED) is 0.769. The normalized spacial score (nSPS) is 10.7. The molecule has 0 aliphatic rings. The maximum absolute atomic E-state index is 12.4. The monoisotopic (exact) mass is 344 g/mol. The van der Waals surface area contributed by atoms with Gasteiger partial charge in [-0.15, -0.1) is 22.7 Å². The molecule has 0 saturated heterocycles. The summed E-state index contributed by atoms with van der Waals surface area (Å²) in [5.41, 5.74) is 2.40. The second kappa shape index (κ2) is 6.97. The first-order chi connectivity index (χ1) is 11.2. The summed E-state index contributed by atoms with van der Waals surface area (Å²) in [5, 5.41) is 6.74. The van der Waals surface area contributed by atoms with Gasteiger partial charge in [0.1, 0.15) is 9.88 Å². The summed E-state index contributed by atoms with van der Waals surface area (Å²) in [6.45, 7) is 4.35. The third kappa shape index (κ3) is 3.62. The highest BCUT2D eigenvalue weighted by atomic mass is 32.1. The predicted molar refractivity (Wildman–Crippen MR) is 92.7 cm³/mol. The minimum absolute atomic E-state index is 0.117. The fourth-order valence-corrected chi connectivity index (χ4v) is 3.75. The summed E-state index contributed by atoms with van der Waals surface area (Å²) in [4.78, 5) is 26.2. The number of nitrogens with zero attached hydrogens (tertiary/aromatic N) is 3. The summed E-state index contributed by atoms with van der Waals surface area (Å²) in [5.74, 6) is -0.117. The highest BCUT2D eigenvalue weighted by Crippen LogP contribution is 2.26. The van der Waals surface area contributed by atoms with Crippen LogP contribution >= 0.6 is 22.7 Å². The van der Waals surface area contributed by atoms with Crippen molar-refractivity contribution in [3.05, 3.63) is 51.0 Å². The van der Waals surface area contributed by atoms with Crippen molar-refractivity contribution >= 4 is 28.6 Å². The van der Waals surface area contributed by atoms with Gasteiger partial charge in [-0.3, -0.25) is 9.78 Å². The molecule has 0 aromatic carbocycles. The van der Waals surface area contributed by atoms with Gasteiger partial charge in [-0.25, -0.2) is 9.97 Å². The topological polar surface area (TPSA) is 67.8 Å². The fraction of sp³-hybridized carbons (Fsp3) is 0.250. The van der Waals surface area contributed by atoms with Gasteiger partial charge in [-0.1, -0.05) is 13.0 Å². The molecular weight excluding hydrogens is 328 g/mol. The molecule has 0 aliphatic heterocycles. The summed E-state index contributed by atoms with van der Waals surface area (Å²) < 4.78 is 0. The molecular formula is C16H16N4OS2. The van der Waals surface area contributed by atoms with Gasteiger partial charge in [-0.2, -0.15) is 0 Å². The molecule has 3 rings (SSSR count). The van der Waals surface area contributed by atoms with Crippen molar-refractivity contribution in [3.8, 4) is 10.7 Å². The number of hydrogen-bond donors (Lipinski definition) is 1. The number of thiazole rings is 2. The van der Waals surface area contributed by atoms with Gasteiger partial charge in [0.15, 0.2) is 0 Å². The van der Waals surface area contributed by atoms with E-state index >= 15 is 0 Å². The summed E-state index contributed by atoms with van der Waals surface area (Å²) in [6.07, 6.45) is 2.64. The third-order valence-corrected chi connectivity index (χ3v) is 5.44. The number of rotatable bonds is 5. The van der Waals surface area contributed by atoms with Crippen LogP contribution in [0.4, 0.5) is 0 Å². The number of nitrogens with one attached hydrogen (secondary N) is 1. The molecule has 3 heterocycles. The number of carbonyl (C=O) groups excluding carboxylic acids is 1. The van der Waals surface area contributed by atoms with Crippen molar-refractivity contribution in [1.82, 2.24) is 20.3 Å². The van der Waals surface area contributed by atoms with E-state index in [9.17, 15) is 4.79 Å². The van der Waals surface area contributed by atoms with Crippen LogP contribution in [0.2, 0.25) is 0 Å². The Labute approximate surface area is 142 Å². The molecule has 0 saturated carbocycles. The van der Waals surface area contributed by atoms with Crippen LogP contribution in [0, 0.1) is 6.92 Å². The van der Waals surface area contributed by atoms with Gasteiger partial charge in [0, 0.05) is 11.6 Å². The zero-order valence-electron chi connectivity index (χ0n) is 12.9. The molecule has 0 bridgehead atoms. The van der Waals surface area contributed by atoms with Crippen molar-refractivity contribution in [2.24, 2.45) is 0 Å². The average molecular weight is 344 g/mol. The van der Waals surface area contributed by atoms with E-state index in [1.165, 1.54) is 11.3 Å². The van der Waals surface area contributed by atoms with E-state index in [1.54, 1.807) is 17.5 Å². The number of aromatic nitrogens is 3. The molecule has 0 aliphatic carbocycles. The van der Waals surface area contributed by atoms with E-state index in [2.05, 4.69) is 27.2 Å². The van der Waals surface area contributed by atoms with Gasteiger partial charge in [0.2, 0.25) is 0 Å². The average Bonchev–Trinajstić information content (AvgIpc) is 3.20. The van der Waals surface area contributed by atoms with Gasteiger partial charge in [0.05, 0.1) is 28.6 Å². The van der Waals surface area contributed by atoms with E-state index in [0.717, 1.165) is 33.5 Å². The molecule has 3 aromatic heterocycles. The van der Waals surface area contributed by atoms with Crippen LogP contribution in [-0.2, 0) is 13.0 Å².